The monoisotopic (exact) mass is 252 g/mol. The van der Waals surface area contributed by atoms with Gasteiger partial charge < -0.3 is 15.0 Å². The van der Waals surface area contributed by atoms with Crippen molar-refractivity contribution in [3.8, 4) is 0 Å². The molecule has 0 atom stereocenters. The van der Waals surface area contributed by atoms with Gasteiger partial charge in [0.2, 0.25) is 0 Å². The Morgan fingerprint density at radius 3 is 3.11 bits per heavy atom. The molecule has 1 fully saturated rings. The van der Waals surface area contributed by atoms with Gasteiger partial charge in [-0.25, -0.2) is 9.18 Å². The molecule has 0 saturated carbocycles. The van der Waals surface area contributed by atoms with Gasteiger partial charge in [0.05, 0.1) is 0 Å². The van der Waals surface area contributed by atoms with E-state index in [1.54, 1.807) is 17.0 Å². The highest BCUT2D eigenvalue weighted by atomic mass is 19.1. The normalized spacial score (nSPS) is 16.2. The standard InChI is InChI=1S/C13H17FN2O2/c14-12-4-1-3-11(9-12)10-18-13(17)16-7-2-5-15-6-8-16/h1,3-4,9,15H,2,5-8,10H2. The second-order valence-corrected chi connectivity index (χ2v) is 4.28. The van der Waals surface area contributed by atoms with Crippen LogP contribution in [0.3, 0.4) is 0 Å². The number of amides is 1. The predicted octanol–water partition coefficient (Wildman–Crippen LogP) is 1.76. The van der Waals surface area contributed by atoms with E-state index < -0.39 is 0 Å². The average molecular weight is 252 g/mol. The Hall–Kier alpha value is -1.62. The van der Waals surface area contributed by atoms with Crippen molar-refractivity contribution < 1.29 is 13.9 Å². The molecule has 98 valence electrons. The lowest BCUT2D eigenvalue weighted by Crippen LogP contribution is -2.34. The molecule has 1 aliphatic rings. The summed E-state index contributed by atoms with van der Waals surface area (Å²) in [5.41, 5.74) is 0.663. The first-order chi connectivity index (χ1) is 8.75. The van der Waals surface area contributed by atoms with Crippen molar-refractivity contribution in [1.29, 1.82) is 0 Å². The maximum atomic E-state index is 12.9. The summed E-state index contributed by atoms with van der Waals surface area (Å²) in [7, 11) is 0. The number of nitrogens with one attached hydrogen (secondary N) is 1. The van der Waals surface area contributed by atoms with Crippen LogP contribution in [0, 0.1) is 5.82 Å². The van der Waals surface area contributed by atoms with Crippen molar-refractivity contribution in [2.24, 2.45) is 0 Å². The Kier molecular flexibility index (Phi) is 4.52. The first-order valence-corrected chi connectivity index (χ1v) is 6.12. The van der Waals surface area contributed by atoms with Crippen molar-refractivity contribution in [3.63, 3.8) is 0 Å². The van der Waals surface area contributed by atoms with E-state index in [4.69, 9.17) is 4.74 Å². The quantitative estimate of drug-likeness (QED) is 0.872. The zero-order valence-corrected chi connectivity index (χ0v) is 10.2. The lowest BCUT2D eigenvalue weighted by atomic mass is 10.2. The van der Waals surface area contributed by atoms with Crippen molar-refractivity contribution in [1.82, 2.24) is 10.2 Å². The summed E-state index contributed by atoms with van der Waals surface area (Å²) < 4.78 is 18.1. The number of ether oxygens (including phenoxy) is 1. The third-order valence-electron chi connectivity index (χ3n) is 2.85. The first kappa shape index (κ1) is 12.8. The number of nitrogens with zero attached hydrogens (tertiary/aromatic N) is 1. The van der Waals surface area contributed by atoms with E-state index in [1.807, 2.05) is 0 Å². The maximum absolute atomic E-state index is 12.9. The molecule has 0 aromatic heterocycles. The second-order valence-electron chi connectivity index (χ2n) is 4.28. The third kappa shape index (κ3) is 3.70. The predicted molar refractivity (Wildman–Crippen MR) is 65.6 cm³/mol. The maximum Gasteiger partial charge on any atom is 0.410 e. The van der Waals surface area contributed by atoms with Crippen LogP contribution in [0.4, 0.5) is 9.18 Å². The molecule has 1 amide bonds. The van der Waals surface area contributed by atoms with Gasteiger partial charge in [0.1, 0.15) is 12.4 Å². The van der Waals surface area contributed by atoms with Crippen LogP contribution in [-0.2, 0) is 11.3 Å². The van der Waals surface area contributed by atoms with E-state index in [-0.39, 0.29) is 18.5 Å². The van der Waals surface area contributed by atoms with Gasteiger partial charge in [0, 0.05) is 19.6 Å². The summed E-state index contributed by atoms with van der Waals surface area (Å²) in [6.07, 6.45) is 0.595. The summed E-state index contributed by atoms with van der Waals surface area (Å²) in [6, 6.07) is 6.08. The lowest BCUT2D eigenvalue weighted by Gasteiger charge is -2.19. The van der Waals surface area contributed by atoms with Crippen LogP contribution < -0.4 is 5.32 Å². The first-order valence-electron chi connectivity index (χ1n) is 6.12. The molecule has 0 radical (unpaired) electrons. The molecule has 1 aliphatic heterocycles. The van der Waals surface area contributed by atoms with Crippen LogP contribution in [-0.4, -0.2) is 37.2 Å². The number of benzene rings is 1. The molecule has 1 aromatic carbocycles. The van der Waals surface area contributed by atoms with E-state index in [0.29, 0.717) is 18.7 Å². The summed E-state index contributed by atoms with van der Waals surface area (Å²) in [4.78, 5) is 13.5. The largest absolute Gasteiger partial charge is 0.445 e. The van der Waals surface area contributed by atoms with E-state index in [1.165, 1.54) is 12.1 Å². The van der Waals surface area contributed by atoms with Crippen molar-refractivity contribution in [2.75, 3.05) is 26.2 Å². The molecular formula is C13H17FN2O2. The van der Waals surface area contributed by atoms with E-state index >= 15 is 0 Å². The van der Waals surface area contributed by atoms with Crippen molar-refractivity contribution in [2.45, 2.75) is 13.0 Å². The molecule has 5 heteroatoms. The second kappa shape index (κ2) is 6.35. The van der Waals surface area contributed by atoms with Crippen LogP contribution in [0.2, 0.25) is 0 Å². The van der Waals surface area contributed by atoms with E-state index in [9.17, 15) is 9.18 Å². The molecule has 1 N–H and O–H groups in total. The van der Waals surface area contributed by atoms with Crippen LogP contribution in [0.15, 0.2) is 24.3 Å². The molecule has 0 unspecified atom stereocenters. The van der Waals surface area contributed by atoms with Gasteiger partial charge in [-0.2, -0.15) is 0 Å². The fraction of sp³-hybridized carbons (Fsp3) is 0.462. The number of hydrogen-bond acceptors (Lipinski definition) is 3. The summed E-state index contributed by atoms with van der Waals surface area (Å²) in [5.74, 6) is -0.317. The minimum Gasteiger partial charge on any atom is -0.445 e. The Balaban J connectivity index is 1.83. The molecule has 0 aliphatic carbocycles. The number of carbonyl (C=O) groups is 1. The highest BCUT2D eigenvalue weighted by Gasteiger charge is 2.16. The lowest BCUT2D eigenvalue weighted by molar-refractivity contribution is 0.0984. The van der Waals surface area contributed by atoms with Crippen molar-refractivity contribution >= 4 is 6.09 Å². The molecule has 2 rings (SSSR count). The topological polar surface area (TPSA) is 41.6 Å². The van der Waals surface area contributed by atoms with Crippen LogP contribution in [0.5, 0.6) is 0 Å². The van der Waals surface area contributed by atoms with Gasteiger partial charge in [-0.3, -0.25) is 0 Å². The van der Waals surface area contributed by atoms with Gasteiger partial charge in [0.15, 0.2) is 0 Å². The molecule has 1 saturated heterocycles. The highest BCUT2D eigenvalue weighted by Crippen LogP contribution is 2.07. The minimum absolute atomic E-state index is 0.112. The highest BCUT2D eigenvalue weighted by molar-refractivity contribution is 5.67. The minimum atomic E-state index is -0.331. The van der Waals surface area contributed by atoms with Crippen molar-refractivity contribution in [3.05, 3.63) is 35.6 Å². The van der Waals surface area contributed by atoms with Crippen LogP contribution in [0.25, 0.3) is 0 Å². The third-order valence-corrected chi connectivity index (χ3v) is 2.85. The molecule has 0 bridgehead atoms. The molecule has 1 aromatic rings. The van der Waals surface area contributed by atoms with E-state index in [0.717, 1.165) is 19.5 Å². The SMILES string of the molecule is O=C(OCc1cccc(F)c1)N1CCCNCC1. The molecule has 4 nitrogen and oxygen atoms in total. The van der Waals surface area contributed by atoms with Gasteiger partial charge in [0.25, 0.3) is 0 Å². The Morgan fingerprint density at radius 2 is 2.28 bits per heavy atom. The molecule has 1 heterocycles. The molecule has 18 heavy (non-hydrogen) atoms. The summed E-state index contributed by atoms with van der Waals surface area (Å²) in [5, 5.41) is 3.21. The fourth-order valence-corrected chi connectivity index (χ4v) is 1.89. The fourth-order valence-electron chi connectivity index (χ4n) is 1.89. The molecular weight excluding hydrogens is 235 g/mol. The molecule has 0 spiro atoms. The van der Waals surface area contributed by atoms with Crippen LogP contribution >= 0.6 is 0 Å². The van der Waals surface area contributed by atoms with Gasteiger partial charge in [-0.1, -0.05) is 12.1 Å². The van der Waals surface area contributed by atoms with Gasteiger partial charge in [-0.15, -0.1) is 0 Å². The van der Waals surface area contributed by atoms with Gasteiger partial charge in [-0.05, 0) is 30.7 Å². The Morgan fingerprint density at radius 1 is 1.39 bits per heavy atom. The van der Waals surface area contributed by atoms with Crippen LogP contribution in [0.1, 0.15) is 12.0 Å². The number of carbonyl (C=O) groups excluding carboxylic acids is 1. The number of rotatable bonds is 2. The summed E-state index contributed by atoms with van der Waals surface area (Å²) >= 11 is 0. The number of halogens is 1. The Bertz CT molecular complexity index is 404. The zero-order chi connectivity index (χ0) is 12.8. The summed E-state index contributed by atoms with van der Waals surface area (Å²) in [6.45, 7) is 3.18. The smallest absolute Gasteiger partial charge is 0.410 e. The average Bonchev–Trinajstić information content (AvgIpc) is 2.65. The zero-order valence-electron chi connectivity index (χ0n) is 10.2. The van der Waals surface area contributed by atoms with E-state index in [2.05, 4.69) is 5.32 Å². The Labute approximate surface area is 106 Å². The van der Waals surface area contributed by atoms with Gasteiger partial charge >= 0.3 is 6.09 Å². The number of hydrogen-bond donors (Lipinski definition) is 1.